The van der Waals surface area contributed by atoms with E-state index in [-0.39, 0.29) is 5.56 Å². The molecule has 5 heteroatoms. The third-order valence-electron chi connectivity index (χ3n) is 1.89. The van der Waals surface area contributed by atoms with Gasteiger partial charge in [0.05, 0.1) is 0 Å². The van der Waals surface area contributed by atoms with Crippen molar-refractivity contribution in [1.82, 2.24) is 0 Å². The van der Waals surface area contributed by atoms with Gasteiger partial charge in [-0.2, -0.15) is 13.2 Å². The molecule has 1 unspecified atom stereocenters. The minimum Gasteiger partial charge on any atom is -0.316 e. The molecule has 14 heavy (non-hydrogen) atoms. The van der Waals surface area contributed by atoms with Crippen LogP contribution in [-0.2, 0) is 0 Å². The maximum absolute atomic E-state index is 12.2. The van der Waals surface area contributed by atoms with Gasteiger partial charge in [-0.1, -0.05) is 12.1 Å². The third-order valence-corrected chi connectivity index (χ3v) is 3.10. The first-order valence-corrected chi connectivity index (χ1v) is 4.98. The van der Waals surface area contributed by atoms with Crippen molar-refractivity contribution >= 4 is 22.6 Å². The lowest BCUT2D eigenvalue weighted by Gasteiger charge is -2.16. The lowest BCUT2D eigenvalue weighted by molar-refractivity contribution is -0.149. The van der Waals surface area contributed by atoms with Gasteiger partial charge >= 0.3 is 6.18 Å². The average molecular weight is 315 g/mol. The number of hydrogen-bond acceptors (Lipinski definition) is 1. The summed E-state index contributed by atoms with van der Waals surface area (Å²) in [5, 5.41) is 0. The average Bonchev–Trinajstić information content (AvgIpc) is 2.07. The summed E-state index contributed by atoms with van der Waals surface area (Å²) >= 11 is 2.06. The van der Waals surface area contributed by atoms with Crippen LogP contribution in [0.2, 0.25) is 0 Å². The highest BCUT2D eigenvalue weighted by Gasteiger charge is 2.37. The number of nitrogens with two attached hydrogens (primary N) is 1. The van der Waals surface area contributed by atoms with Crippen molar-refractivity contribution < 1.29 is 13.2 Å². The van der Waals surface area contributed by atoms with Crippen molar-refractivity contribution in [2.75, 3.05) is 0 Å². The molecule has 0 aromatic heterocycles. The Morgan fingerprint density at radius 1 is 1.36 bits per heavy atom. The molecule has 1 atom stereocenters. The van der Waals surface area contributed by atoms with Gasteiger partial charge in [0.15, 0.2) is 0 Å². The van der Waals surface area contributed by atoms with Crippen LogP contribution < -0.4 is 5.73 Å². The maximum atomic E-state index is 12.2. The van der Waals surface area contributed by atoms with E-state index >= 15 is 0 Å². The quantitative estimate of drug-likeness (QED) is 0.792. The van der Waals surface area contributed by atoms with Gasteiger partial charge in [-0.3, -0.25) is 0 Å². The zero-order valence-electron chi connectivity index (χ0n) is 7.40. The van der Waals surface area contributed by atoms with Crippen LogP contribution in [0.1, 0.15) is 17.2 Å². The lowest BCUT2D eigenvalue weighted by atomic mass is 10.1. The summed E-state index contributed by atoms with van der Waals surface area (Å²) < 4.78 is 37.7. The van der Waals surface area contributed by atoms with E-state index in [1.807, 2.05) is 0 Å². The number of halogens is 4. The Morgan fingerprint density at radius 3 is 2.36 bits per heavy atom. The Morgan fingerprint density at radius 2 is 1.93 bits per heavy atom. The number of hydrogen-bond donors (Lipinski definition) is 1. The molecule has 2 N–H and O–H groups in total. The molecule has 0 spiro atoms. The van der Waals surface area contributed by atoms with Gasteiger partial charge in [0, 0.05) is 3.57 Å². The number of rotatable bonds is 1. The van der Waals surface area contributed by atoms with Gasteiger partial charge in [0.1, 0.15) is 6.04 Å². The minimum absolute atomic E-state index is 0.107. The largest absolute Gasteiger partial charge is 0.407 e. The fraction of sp³-hybridized carbons (Fsp3) is 0.333. The van der Waals surface area contributed by atoms with E-state index in [9.17, 15) is 13.2 Å². The normalized spacial score (nSPS) is 14.1. The monoisotopic (exact) mass is 315 g/mol. The second kappa shape index (κ2) is 4.06. The maximum Gasteiger partial charge on any atom is 0.407 e. The highest BCUT2D eigenvalue weighted by Crippen LogP contribution is 2.31. The van der Waals surface area contributed by atoms with E-state index in [0.29, 0.717) is 0 Å². The molecule has 0 fully saturated rings. The van der Waals surface area contributed by atoms with E-state index in [1.54, 1.807) is 13.0 Å². The lowest BCUT2D eigenvalue weighted by Crippen LogP contribution is -2.28. The molecule has 0 radical (unpaired) electrons. The van der Waals surface area contributed by atoms with Gasteiger partial charge < -0.3 is 5.73 Å². The van der Waals surface area contributed by atoms with Crippen LogP contribution >= 0.6 is 22.6 Å². The topological polar surface area (TPSA) is 26.0 Å². The fourth-order valence-corrected chi connectivity index (χ4v) is 1.39. The Bertz CT molecular complexity index is 335. The molecule has 0 aliphatic carbocycles. The van der Waals surface area contributed by atoms with Crippen LogP contribution in [-0.4, -0.2) is 6.18 Å². The predicted molar refractivity (Wildman–Crippen MR) is 56.9 cm³/mol. The molecule has 0 heterocycles. The third kappa shape index (κ3) is 2.60. The summed E-state index contributed by atoms with van der Waals surface area (Å²) in [5.41, 5.74) is 5.98. The molecular weight excluding hydrogens is 306 g/mol. The van der Waals surface area contributed by atoms with Gasteiger partial charge in [-0.05, 0) is 46.7 Å². The smallest absolute Gasteiger partial charge is 0.316 e. The molecule has 0 amide bonds. The predicted octanol–water partition coefficient (Wildman–Crippen LogP) is 3.16. The molecule has 0 saturated carbocycles. The Hall–Kier alpha value is -0.300. The van der Waals surface area contributed by atoms with E-state index in [2.05, 4.69) is 22.6 Å². The number of benzene rings is 1. The molecule has 0 aliphatic heterocycles. The highest BCUT2D eigenvalue weighted by atomic mass is 127. The molecule has 1 rings (SSSR count). The van der Waals surface area contributed by atoms with E-state index in [1.165, 1.54) is 12.1 Å². The Labute approximate surface area is 93.6 Å². The van der Waals surface area contributed by atoms with E-state index < -0.39 is 12.2 Å². The molecular formula is C9H9F3IN. The first-order valence-electron chi connectivity index (χ1n) is 3.90. The van der Waals surface area contributed by atoms with Gasteiger partial charge in [-0.15, -0.1) is 0 Å². The fourth-order valence-electron chi connectivity index (χ4n) is 1.05. The zero-order valence-corrected chi connectivity index (χ0v) is 9.56. The molecule has 1 aromatic rings. The number of alkyl halides is 3. The molecule has 0 bridgehead atoms. The SMILES string of the molecule is Cc1cc(C(N)C(F)(F)F)ccc1I. The summed E-state index contributed by atoms with van der Waals surface area (Å²) in [6, 6.07) is 2.63. The highest BCUT2D eigenvalue weighted by molar-refractivity contribution is 14.1. The van der Waals surface area contributed by atoms with Gasteiger partial charge in [0.25, 0.3) is 0 Å². The summed E-state index contributed by atoms with van der Waals surface area (Å²) in [7, 11) is 0. The molecule has 0 aliphatic rings. The van der Waals surface area contributed by atoms with E-state index in [0.717, 1.165) is 9.13 Å². The standard InChI is InChI=1S/C9H9F3IN/c1-5-4-6(2-3-7(5)13)8(14)9(10,11)12/h2-4,8H,14H2,1H3. The second-order valence-electron chi connectivity index (χ2n) is 3.03. The summed E-state index contributed by atoms with van der Waals surface area (Å²) in [4.78, 5) is 0. The van der Waals surface area contributed by atoms with Crippen molar-refractivity contribution in [3.8, 4) is 0 Å². The van der Waals surface area contributed by atoms with Crippen molar-refractivity contribution in [1.29, 1.82) is 0 Å². The van der Waals surface area contributed by atoms with Crippen LogP contribution in [0.3, 0.4) is 0 Å². The van der Waals surface area contributed by atoms with E-state index in [4.69, 9.17) is 5.73 Å². The van der Waals surface area contributed by atoms with Crippen molar-refractivity contribution in [2.24, 2.45) is 5.73 Å². The summed E-state index contributed by atoms with van der Waals surface area (Å²) in [6.07, 6.45) is -4.38. The minimum atomic E-state index is -4.38. The number of aryl methyl sites for hydroxylation is 1. The van der Waals surface area contributed by atoms with Crippen LogP contribution in [0, 0.1) is 10.5 Å². The van der Waals surface area contributed by atoms with Crippen LogP contribution in [0.25, 0.3) is 0 Å². The molecule has 1 nitrogen and oxygen atoms in total. The van der Waals surface area contributed by atoms with Crippen LogP contribution in [0.5, 0.6) is 0 Å². The second-order valence-corrected chi connectivity index (χ2v) is 4.19. The Balaban J connectivity index is 3.03. The van der Waals surface area contributed by atoms with Crippen molar-refractivity contribution in [2.45, 2.75) is 19.1 Å². The molecule has 0 saturated heterocycles. The van der Waals surface area contributed by atoms with Gasteiger partial charge in [0.2, 0.25) is 0 Å². The Kier molecular flexibility index (Phi) is 3.41. The van der Waals surface area contributed by atoms with Crippen molar-refractivity contribution in [3.63, 3.8) is 0 Å². The van der Waals surface area contributed by atoms with Crippen LogP contribution in [0.15, 0.2) is 18.2 Å². The summed E-state index contributed by atoms with van der Waals surface area (Å²) in [5.74, 6) is 0. The first-order chi connectivity index (χ1) is 6.32. The molecule has 1 aromatic carbocycles. The van der Waals surface area contributed by atoms with Gasteiger partial charge in [-0.25, -0.2) is 0 Å². The van der Waals surface area contributed by atoms with Crippen LogP contribution in [0.4, 0.5) is 13.2 Å². The van der Waals surface area contributed by atoms with Crippen molar-refractivity contribution in [3.05, 3.63) is 32.9 Å². The summed E-state index contributed by atoms with van der Waals surface area (Å²) in [6.45, 7) is 1.76. The zero-order chi connectivity index (χ0) is 10.9. The first kappa shape index (κ1) is 11.8. The molecule has 78 valence electrons.